The summed E-state index contributed by atoms with van der Waals surface area (Å²) in [5.74, 6) is 0.310. The van der Waals surface area contributed by atoms with Crippen molar-refractivity contribution in [2.45, 2.75) is 70.6 Å². The standard InChI is InChI=1S/C37H44ClN7O3/c1-2-45-36(47)33(41-37(48)42-35-30(27-7-5-8-27)23-39-24-31(35)38)22-32(43-45)29-10-6-9-28(21-29)26-14-11-25(12-15-26)13-16-34(46)40-17-20-44-18-3-4-19-44/h6,9-12,14-15,21-24,27,34,40,46H,2-5,7-8,13,16-20H2,1H3,(H2,39,41,42,48). The second kappa shape index (κ2) is 15.9. The van der Waals surface area contributed by atoms with Crippen LogP contribution < -0.4 is 21.5 Å². The summed E-state index contributed by atoms with van der Waals surface area (Å²) in [7, 11) is 0. The lowest BCUT2D eigenvalue weighted by Gasteiger charge is -2.27. The summed E-state index contributed by atoms with van der Waals surface area (Å²) in [5, 5.41) is 24.2. The van der Waals surface area contributed by atoms with Gasteiger partial charge in [0.15, 0.2) is 0 Å². The number of benzene rings is 2. The summed E-state index contributed by atoms with van der Waals surface area (Å²) in [4.78, 5) is 33.0. The predicted molar refractivity (Wildman–Crippen MR) is 192 cm³/mol. The van der Waals surface area contributed by atoms with Crippen molar-refractivity contribution in [3.8, 4) is 22.4 Å². The molecule has 1 unspecified atom stereocenters. The topological polar surface area (TPSA) is 124 Å². The zero-order valence-corrected chi connectivity index (χ0v) is 28.2. The van der Waals surface area contributed by atoms with Gasteiger partial charge in [-0.05, 0) is 98.8 Å². The number of hydrogen-bond donors (Lipinski definition) is 4. The monoisotopic (exact) mass is 669 g/mol. The molecule has 3 heterocycles. The number of carbonyl (C=O) groups is 1. The van der Waals surface area contributed by atoms with Crippen molar-refractivity contribution in [2.75, 3.05) is 36.8 Å². The second-order valence-corrected chi connectivity index (χ2v) is 13.1. The van der Waals surface area contributed by atoms with Gasteiger partial charge in [-0.3, -0.25) is 15.1 Å². The fraction of sp³-hybridized carbons (Fsp3) is 0.405. The van der Waals surface area contributed by atoms with Crippen LogP contribution in [-0.2, 0) is 13.0 Å². The van der Waals surface area contributed by atoms with Crippen molar-refractivity contribution in [1.29, 1.82) is 0 Å². The van der Waals surface area contributed by atoms with Gasteiger partial charge in [-0.15, -0.1) is 0 Å². The van der Waals surface area contributed by atoms with Crippen LogP contribution in [0.3, 0.4) is 0 Å². The summed E-state index contributed by atoms with van der Waals surface area (Å²) in [5.41, 5.74) is 5.75. The van der Waals surface area contributed by atoms with Gasteiger partial charge < -0.3 is 20.6 Å². The molecular formula is C37H44ClN7O3. The van der Waals surface area contributed by atoms with Crippen LogP contribution >= 0.6 is 11.6 Å². The highest BCUT2D eigenvalue weighted by atomic mass is 35.5. The van der Waals surface area contributed by atoms with Gasteiger partial charge in [0, 0.05) is 37.6 Å². The van der Waals surface area contributed by atoms with Crippen LogP contribution in [0.1, 0.15) is 62.5 Å². The number of pyridine rings is 1. The molecule has 2 aromatic heterocycles. The summed E-state index contributed by atoms with van der Waals surface area (Å²) in [6, 6.07) is 17.4. The maximum Gasteiger partial charge on any atom is 0.323 e. The Morgan fingerprint density at radius 3 is 2.50 bits per heavy atom. The number of aliphatic hydroxyl groups excluding tert-OH is 1. The van der Waals surface area contributed by atoms with Gasteiger partial charge in [-0.1, -0.05) is 60.5 Å². The van der Waals surface area contributed by atoms with Crippen LogP contribution in [-0.4, -0.2) is 63.2 Å². The van der Waals surface area contributed by atoms with Gasteiger partial charge in [-0.25, -0.2) is 9.48 Å². The van der Waals surface area contributed by atoms with Crippen LogP contribution in [0, 0.1) is 0 Å². The van der Waals surface area contributed by atoms with Crippen LogP contribution in [0.25, 0.3) is 22.4 Å². The van der Waals surface area contributed by atoms with Crippen molar-refractivity contribution < 1.29 is 9.90 Å². The molecule has 252 valence electrons. The van der Waals surface area contributed by atoms with E-state index in [1.165, 1.54) is 23.7 Å². The number of carbonyl (C=O) groups excluding carboxylic acids is 1. The summed E-state index contributed by atoms with van der Waals surface area (Å²) in [6.07, 6.45) is 9.90. The minimum Gasteiger partial charge on any atom is -0.379 e. The highest BCUT2D eigenvalue weighted by Gasteiger charge is 2.25. The molecule has 2 aliphatic rings. The van der Waals surface area contributed by atoms with Crippen molar-refractivity contribution in [3.05, 3.63) is 93.5 Å². The number of amides is 2. The fourth-order valence-corrected chi connectivity index (χ4v) is 6.60. The van der Waals surface area contributed by atoms with Gasteiger partial charge in [0.1, 0.15) is 11.9 Å². The maximum atomic E-state index is 13.2. The van der Waals surface area contributed by atoms with Crippen LogP contribution in [0.15, 0.2) is 71.8 Å². The normalized spacial score (nSPS) is 15.6. The lowest BCUT2D eigenvalue weighted by molar-refractivity contribution is 0.124. The zero-order valence-electron chi connectivity index (χ0n) is 27.4. The van der Waals surface area contributed by atoms with Gasteiger partial charge in [-0.2, -0.15) is 5.10 Å². The zero-order chi connectivity index (χ0) is 33.5. The maximum absolute atomic E-state index is 13.2. The number of aryl methyl sites for hydroxylation is 2. The number of hydrogen-bond acceptors (Lipinski definition) is 7. The van der Waals surface area contributed by atoms with E-state index in [2.05, 4.69) is 55.2 Å². The van der Waals surface area contributed by atoms with E-state index < -0.39 is 17.8 Å². The lowest BCUT2D eigenvalue weighted by atomic mass is 9.80. The largest absolute Gasteiger partial charge is 0.379 e. The van der Waals surface area contributed by atoms with E-state index in [1.807, 2.05) is 31.2 Å². The molecular weight excluding hydrogens is 626 g/mol. The SMILES string of the molecule is CCn1nc(-c2cccc(-c3ccc(CCC(O)NCCN4CCCC4)cc3)c2)cc(NC(=O)Nc2c(Cl)cncc2C2CCC2)c1=O. The molecule has 4 N–H and O–H groups in total. The van der Waals surface area contributed by atoms with Crippen molar-refractivity contribution in [1.82, 2.24) is 25.0 Å². The average molecular weight is 670 g/mol. The molecule has 1 atom stereocenters. The quantitative estimate of drug-likeness (QED) is 0.120. The van der Waals surface area contributed by atoms with Crippen LogP contribution in [0.5, 0.6) is 0 Å². The van der Waals surface area contributed by atoms with E-state index in [9.17, 15) is 14.7 Å². The van der Waals surface area contributed by atoms with E-state index in [1.54, 1.807) is 12.3 Å². The average Bonchev–Trinajstić information content (AvgIpc) is 3.59. The minimum atomic E-state index is -0.556. The van der Waals surface area contributed by atoms with Gasteiger partial charge in [0.05, 0.1) is 16.4 Å². The predicted octanol–water partition coefficient (Wildman–Crippen LogP) is 6.49. The molecule has 0 spiro atoms. The Morgan fingerprint density at radius 2 is 1.77 bits per heavy atom. The molecule has 1 saturated heterocycles. The number of rotatable bonds is 13. The number of halogens is 1. The van der Waals surface area contributed by atoms with E-state index >= 15 is 0 Å². The fourth-order valence-electron chi connectivity index (χ4n) is 6.39. The van der Waals surface area contributed by atoms with Crippen LogP contribution in [0.4, 0.5) is 16.2 Å². The Labute approximate surface area is 286 Å². The van der Waals surface area contributed by atoms with Crippen LogP contribution in [0.2, 0.25) is 5.02 Å². The molecule has 11 heteroatoms. The summed E-state index contributed by atoms with van der Waals surface area (Å²) >= 11 is 6.43. The molecule has 1 saturated carbocycles. The second-order valence-electron chi connectivity index (χ2n) is 12.7. The third-order valence-electron chi connectivity index (χ3n) is 9.39. The molecule has 48 heavy (non-hydrogen) atoms. The number of likely N-dealkylation sites (tertiary alicyclic amines) is 1. The Morgan fingerprint density at radius 1 is 1.00 bits per heavy atom. The Bertz CT molecular complexity index is 1770. The molecule has 2 amide bonds. The van der Waals surface area contributed by atoms with E-state index in [0.29, 0.717) is 35.3 Å². The number of nitrogens with one attached hydrogen (secondary N) is 3. The first-order chi connectivity index (χ1) is 23.4. The highest BCUT2D eigenvalue weighted by Crippen LogP contribution is 2.41. The third kappa shape index (κ3) is 8.30. The minimum absolute atomic E-state index is 0.122. The van der Waals surface area contributed by atoms with E-state index in [4.69, 9.17) is 11.6 Å². The first-order valence-corrected chi connectivity index (χ1v) is 17.4. The first kappa shape index (κ1) is 33.8. The van der Waals surface area contributed by atoms with Gasteiger partial charge in [0.2, 0.25) is 0 Å². The molecule has 2 fully saturated rings. The molecule has 6 rings (SSSR count). The Balaban J connectivity index is 1.12. The molecule has 1 aliphatic carbocycles. The van der Waals surface area contributed by atoms with Gasteiger partial charge >= 0.3 is 6.03 Å². The number of aromatic nitrogens is 3. The Hall–Kier alpha value is -4.09. The van der Waals surface area contributed by atoms with Crippen molar-refractivity contribution >= 4 is 29.0 Å². The highest BCUT2D eigenvalue weighted by molar-refractivity contribution is 6.33. The van der Waals surface area contributed by atoms with Crippen molar-refractivity contribution in [2.24, 2.45) is 0 Å². The summed E-state index contributed by atoms with van der Waals surface area (Å²) in [6.45, 7) is 6.29. The molecule has 1 aliphatic heterocycles. The molecule has 4 aromatic rings. The molecule has 10 nitrogen and oxygen atoms in total. The van der Waals surface area contributed by atoms with Crippen molar-refractivity contribution in [3.63, 3.8) is 0 Å². The number of anilines is 2. The first-order valence-electron chi connectivity index (χ1n) is 17.0. The smallest absolute Gasteiger partial charge is 0.323 e. The molecule has 2 aromatic carbocycles. The lowest BCUT2D eigenvalue weighted by Crippen LogP contribution is -2.36. The summed E-state index contributed by atoms with van der Waals surface area (Å²) < 4.78 is 1.35. The van der Waals surface area contributed by atoms with Gasteiger partial charge in [0.25, 0.3) is 5.56 Å². The molecule has 0 radical (unpaired) electrons. The van der Waals surface area contributed by atoms with E-state index in [0.717, 1.165) is 79.7 Å². The number of aliphatic hydroxyl groups is 1. The number of urea groups is 1. The number of nitrogens with zero attached hydrogens (tertiary/aromatic N) is 4. The third-order valence-corrected chi connectivity index (χ3v) is 9.68. The van der Waals surface area contributed by atoms with E-state index in [-0.39, 0.29) is 5.69 Å². The Kier molecular flexibility index (Phi) is 11.2. The molecule has 0 bridgehead atoms.